The number of nitrogens with two attached hydrogens (primary N) is 1. The molecular weight excluding hydrogens is 212 g/mol. The Morgan fingerprint density at radius 2 is 2.06 bits per heavy atom. The second kappa shape index (κ2) is 3.34. The summed E-state index contributed by atoms with van der Waals surface area (Å²) in [5, 5.41) is 0. The summed E-state index contributed by atoms with van der Waals surface area (Å²) >= 11 is 0. The lowest BCUT2D eigenvalue weighted by atomic mass is 10.1. The van der Waals surface area contributed by atoms with E-state index in [0.29, 0.717) is 6.54 Å². The molecule has 1 aromatic carbocycles. The van der Waals surface area contributed by atoms with E-state index >= 15 is 0 Å². The third-order valence-corrected chi connectivity index (χ3v) is 3.33. The fourth-order valence-electron chi connectivity index (χ4n) is 2.45. The second-order valence-corrected chi connectivity index (χ2v) is 4.61. The fraction of sp³-hybridized carbons (Fsp3) is 0.308. The van der Waals surface area contributed by atoms with Gasteiger partial charge in [0, 0.05) is 19.8 Å². The molecule has 0 radical (unpaired) electrons. The van der Waals surface area contributed by atoms with E-state index in [4.69, 9.17) is 10.7 Å². The summed E-state index contributed by atoms with van der Waals surface area (Å²) in [6.07, 6.45) is 2.07. The first-order valence-corrected chi connectivity index (χ1v) is 5.75. The molecule has 0 bridgehead atoms. The Bertz CT molecular complexity index is 718. The highest BCUT2D eigenvalue weighted by Crippen LogP contribution is 2.23. The smallest absolute Gasteiger partial charge is 0.214 e. The van der Waals surface area contributed by atoms with Crippen LogP contribution in [0.2, 0.25) is 0 Å². The topological polar surface area (TPSA) is 48.2 Å². The van der Waals surface area contributed by atoms with Crippen molar-refractivity contribution >= 4 is 16.8 Å². The molecular formula is C13H16N4. The zero-order valence-corrected chi connectivity index (χ0v) is 10.4. The molecule has 2 heterocycles. The summed E-state index contributed by atoms with van der Waals surface area (Å²) in [6.45, 7) is 4.75. The van der Waals surface area contributed by atoms with Gasteiger partial charge in [0.05, 0.1) is 16.7 Å². The van der Waals surface area contributed by atoms with Crippen molar-refractivity contribution in [3.8, 4) is 0 Å². The molecule has 0 fully saturated rings. The first-order valence-electron chi connectivity index (χ1n) is 5.75. The maximum absolute atomic E-state index is 5.72. The van der Waals surface area contributed by atoms with Crippen LogP contribution in [0.4, 0.5) is 0 Å². The maximum Gasteiger partial charge on any atom is 0.214 e. The number of aromatic nitrogens is 3. The average molecular weight is 228 g/mol. The van der Waals surface area contributed by atoms with Gasteiger partial charge in [-0.3, -0.25) is 4.40 Å². The van der Waals surface area contributed by atoms with E-state index in [1.54, 1.807) is 0 Å². The minimum Gasteiger partial charge on any atom is -0.325 e. The number of fused-ring (bicyclic) bond motifs is 3. The van der Waals surface area contributed by atoms with E-state index in [-0.39, 0.29) is 0 Å². The zero-order valence-electron chi connectivity index (χ0n) is 10.4. The molecule has 88 valence electrons. The van der Waals surface area contributed by atoms with Crippen LogP contribution in [0, 0.1) is 13.8 Å². The minimum absolute atomic E-state index is 0.534. The Hall–Kier alpha value is -1.81. The maximum atomic E-state index is 5.72. The van der Waals surface area contributed by atoms with Crippen LogP contribution in [-0.2, 0) is 13.6 Å². The minimum atomic E-state index is 0.534. The SMILES string of the molecule is Cc1cc(C)c2nc3n(C)c(CN)cn3c2c1. The molecule has 0 spiro atoms. The number of hydrogen-bond donors (Lipinski definition) is 1. The molecule has 0 saturated carbocycles. The van der Waals surface area contributed by atoms with Crippen LogP contribution < -0.4 is 5.73 Å². The molecule has 2 aromatic heterocycles. The molecule has 2 N–H and O–H groups in total. The Morgan fingerprint density at radius 3 is 2.76 bits per heavy atom. The summed E-state index contributed by atoms with van der Waals surface area (Å²) < 4.78 is 4.17. The summed E-state index contributed by atoms with van der Waals surface area (Å²) in [5.41, 5.74) is 11.5. The lowest BCUT2D eigenvalue weighted by Gasteiger charge is -1.98. The van der Waals surface area contributed by atoms with E-state index in [9.17, 15) is 0 Å². The van der Waals surface area contributed by atoms with E-state index < -0.39 is 0 Å². The number of hydrogen-bond acceptors (Lipinski definition) is 2. The van der Waals surface area contributed by atoms with Crippen LogP contribution in [0.1, 0.15) is 16.8 Å². The van der Waals surface area contributed by atoms with E-state index in [0.717, 1.165) is 22.5 Å². The fourth-order valence-corrected chi connectivity index (χ4v) is 2.45. The van der Waals surface area contributed by atoms with Crippen LogP contribution in [0.5, 0.6) is 0 Å². The molecule has 0 aliphatic heterocycles. The molecule has 17 heavy (non-hydrogen) atoms. The molecule has 0 aliphatic carbocycles. The summed E-state index contributed by atoms with van der Waals surface area (Å²) in [5.74, 6) is 0.953. The van der Waals surface area contributed by atoms with Crippen molar-refractivity contribution in [2.45, 2.75) is 20.4 Å². The lowest BCUT2D eigenvalue weighted by molar-refractivity contribution is 0.840. The molecule has 0 unspecified atom stereocenters. The van der Waals surface area contributed by atoms with E-state index in [1.807, 2.05) is 7.05 Å². The third kappa shape index (κ3) is 1.31. The predicted octanol–water partition coefficient (Wildman–Crippen LogP) is 1.90. The van der Waals surface area contributed by atoms with Gasteiger partial charge in [-0.2, -0.15) is 0 Å². The number of rotatable bonds is 1. The van der Waals surface area contributed by atoms with Gasteiger partial charge in [0.1, 0.15) is 0 Å². The largest absolute Gasteiger partial charge is 0.325 e. The van der Waals surface area contributed by atoms with Crippen molar-refractivity contribution < 1.29 is 0 Å². The van der Waals surface area contributed by atoms with Gasteiger partial charge in [0.15, 0.2) is 0 Å². The monoisotopic (exact) mass is 228 g/mol. The highest BCUT2D eigenvalue weighted by Gasteiger charge is 2.12. The highest BCUT2D eigenvalue weighted by molar-refractivity contribution is 5.83. The Kier molecular flexibility index (Phi) is 2.03. The summed E-state index contributed by atoms with van der Waals surface area (Å²) in [7, 11) is 2.01. The molecule has 0 amide bonds. The molecule has 0 saturated heterocycles. The molecule has 3 rings (SSSR count). The van der Waals surface area contributed by atoms with Gasteiger partial charge in [0.25, 0.3) is 0 Å². The Labute approximate surface area is 99.7 Å². The van der Waals surface area contributed by atoms with E-state index in [2.05, 4.69) is 41.1 Å². The second-order valence-electron chi connectivity index (χ2n) is 4.61. The van der Waals surface area contributed by atoms with Crippen molar-refractivity contribution in [2.75, 3.05) is 0 Å². The van der Waals surface area contributed by atoms with Crippen LogP contribution >= 0.6 is 0 Å². The van der Waals surface area contributed by atoms with Gasteiger partial charge in [0.2, 0.25) is 5.78 Å². The van der Waals surface area contributed by atoms with Crippen LogP contribution in [-0.4, -0.2) is 14.0 Å². The summed E-state index contributed by atoms with van der Waals surface area (Å²) in [4.78, 5) is 4.69. The number of aryl methyl sites for hydroxylation is 3. The molecule has 0 atom stereocenters. The third-order valence-electron chi connectivity index (χ3n) is 3.33. The van der Waals surface area contributed by atoms with Crippen LogP contribution in [0.15, 0.2) is 18.3 Å². The van der Waals surface area contributed by atoms with Crippen molar-refractivity contribution in [2.24, 2.45) is 12.8 Å². The molecule has 3 aromatic rings. The number of benzene rings is 1. The van der Waals surface area contributed by atoms with Crippen molar-refractivity contribution in [3.63, 3.8) is 0 Å². The van der Waals surface area contributed by atoms with Gasteiger partial charge < -0.3 is 10.3 Å². The zero-order chi connectivity index (χ0) is 12.2. The van der Waals surface area contributed by atoms with E-state index in [1.165, 1.54) is 11.1 Å². The van der Waals surface area contributed by atoms with Crippen LogP contribution in [0.3, 0.4) is 0 Å². The highest BCUT2D eigenvalue weighted by atomic mass is 15.2. The van der Waals surface area contributed by atoms with Gasteiger partial charge in [-0.1, -0.05) is 6.07 Å². The molecule has 0 aliphatic rings. The quantitative estimate of drug-likeness (QED) is 0.691. The van der Waals surface area contributed by atoms with Crippen molar-refractivity contribution in [1.82, 2.24) is 14.0 Å². The summed E-state index contributed by atoms with van der Waals surface area (Å²) in [6, 6.07) is 4.33. The predicted molar refractivity (Wildman–Crippen MR) is 69.0 cm³/mol. The van der Waals surface area contributed by atoms with Crippen molar-refractivity contribution in [3.05, 3.63) is 35.2 Å². The van der Waals surface area contributed by atoms with Crippen LogP contribution in [0.25, 0.3) is 16.8 Å². The Balaban J connectivity index is 2.50. The number of nitrogens with zero attached hydrogens (tertiary/aromatic N) is 3. The standard InChI is InChI=1S/C13H16N4/c1-8-4-9(2)12-11(5-8)17-7-10(6-14)16(3)13(17)15-12/h4-5,7H,6,14H2,1-3H3. The lowest BCUT2D eigenvalue weighted by Crippen LogP contribution is -2.03. The first-order chi connectivity index (χ1) is 8.11. The average Bonchev–Trinajstić information content (AvgIpc) is 2.77. The van der Waals surface area contributed by atoms with Gasteiger partial charge in [-0.05, 0) is 31.0 Å². The number of imidazole rings is 2. The van der Waals surface area contributed by atoms with Gasteiger partial charge in [-0.25, -0.2) is 4.98 Å². The Morgan fingerprint density at radius 1 is 1.29 bits per heavy atom. The molecule has 4 heteroatoms. The van der Waals surface area contributed by atoms with Crippen molar-refractivity contribution in [1.29, 1.82) is 0 Å². The normalized spacial score (nSPS) is 11.8. The van der Waals surface area contributed by atoms with Gasteiger partial charge >= 0.3 is 0 Å². The van der Waals surface area contributed by atoms with Gasteiger partial charge in [-0.15, -0.1) is 0 Å². The first kappa shape index (κ1) is 10.4. The molecule has 4 nitrogen and oxygen atoms in total.